The Bertz CT molecular complexity index is 1470. The third-order valence-corrected chi connectivity index (χ3v) is 8.33. The maximum Gasteiger partial charge on any atom is 0.236 e. The molecule has 0 radical (unpaired) electrons. The Morgan fingerprint density at radius 2 is 2.07 bits per heavy atom. The minimum Gasteiger partial charge on any atom is -0.504 e. The SMILES string of the molecule is C=C(c1cc2nc(C3C(=O)NC=CC3NCC(C)COc3ccccc3O)[nH]c2cc1C=O)N(C)C1CCN(C)CC1. The van der Waals surface area contributed by atoms with Gasteiger partial charge in [-0.15, -0.1) is 0 Å². The molecule has 3 atom stereocenters. The van der Waals surface area contributed by atoms with Gasteiger partial charge in [-0.2, -0.15) is 0 Å². The van der Waals surface area contributed by atoms with Crippen molar-refractivity contribution in [1.29, 1.82) is 0 Å². The lowest BCUT2D eigenvalue weighted by molar-refractivity contribution is -0.122. The summed E-state index contributed by atoms with van der Waals surface area (Å²) in [5, 5.41) is 16.2. The van der Waals surface area contributed by atoms with Crippen LogP contribution < -0.4 is 15.4 Å². The van der Waals surface area contributed by atoms with Crippen LogP contribution in [0.1, 0.15) is 47.4 Å². The number of likely N-dealkylation sites (tertiary alicyclic amines) is 1. The van der Waals surface area contributed by atoms with Crippen molar-refractivity contribution in [2.24, 2.45) is 5.92 Å². The van der Waals surface area contributed by atoms with Gasteiger partial charge in [-0.1, -0.05) is 31.7 Å². The van der Waals surface area contributed by atoms with Crippen LogP contribution in [-0.4, -0.2) is 89.5 Å². The van der Waals surface area contributed by atoms with Crippen LogP contribution in [0, 0.1) is 5.92 Å². The molecule has 0 bridgehead atoms. The molecule has 1 aromatic heterocycles. The molecule has 0 spiro atoms. The second-order valence-electron chi connectivity index (χ2n) is 11.5. The van der Waals surface area contributed by atoms with E-state index < -0.39 is 5.92 Å². The van der Waals surface area contributed by atoms with Crippen LogP contribution in [0.5, 0.6) is 11.5 Å². The number of phenolic OH excluding ortho intramolecular Hbond substituents is 1. The van der Waals surface area contributed by atoms with Gasteiger partial charge >= 0.3 is 0 Å². The number of nitrogens with one attached hydrogen (secondary N) is 3. The fraction of sp³-hybridized carbons (Fsp3) is 0.406. The summed E-state index contributed by atoms with van der Waals surface area (Å²) in [5.74, 6) is 0.398. The number of nitrogens with zero attached hydrogens (tertiary/aromatic N) is 3. The van der Waals surface area contributed by atoms with E-state index in [0.717, 1.165) is 43.5 Å². The monoisotopic (exact) mass is 572 g/mol. The van der Waals surface area contributed by atoms with Gasteiger partial charge in [0.1, 0.15) is 11.7 Å². The first-order valence-electron chi connectivity index (χ1n) is 14.5. The summed E-state index contributed by atoms with van der Waals surface area (Å²) in [6.45, 7) is 9.41. The number of H-pyrrole nitrogens is 1. The summed E-state index contributed by atoms with van der Waals surface area (Å²) >= 11 is 0. The van der Waals surface area contributed by atoms with Gasteiger partial charge in [0.2, 0.25) is 5.91 Å². The van der Waals surface area contributed by atoms with Crippen molar-refractivity contribution in [3.63, 3.8) is 0 Å². The van der Waals surface area contributed by atoms with Crippen LogP contribution in [0.15, 0.2) is 55.3 Å². The number of hydrogen-bond acceptors (Lipinski definition) is 8. The number of carbonyl (C=O) groups excluding carboxylic acids is 2. The van der Waals surface area contributed by atoms with E-state index in [1.807, 2.05) is 32.2 Å². The van der Waals surface area contributed by atoms with Crippen molar-refractivity contribution >= 4 is 28.9 Å². The van der Waals surface area contributed by atoms with Crippen LogP contribution in [0.4, 0.5) is 0 Å². The van der Waals surface area contributed by atoms with Gasteiger partial charge in [0.15, 0.2) is 17.8 Å². The van der Waals surface area contributed by atoms with Gasteiger partial charge in [0.25, 0.3) is 0 Å². The summed E-state index contributed by atoms with van der Waals surface area (Å²) in [7, 11) is 4.17. The van der Waals surface area contributed by atoms with Crippen molar-refractivity contribution in [3.05, 3.63) is 72.2 Å². The Morgan fingerprint density at radius 3 is 2.81 bits per heavy atom. The van der Waals surface area contributed by atoms with Gasteiger partial charge in [-0.3, -0.25) is 9.59 Å². The maximum absolute atomic E-state index is 13.1. The molecule has 0 saturated carbocycles. The highest BCUT2D eigenvalue weighted by molar-refractivity contribution is 5.93. The standard InChI is InChI=1S/C32H40N6O4/c1-20(19-42-29-8-6-5-7-28(29)40)17-34-25-9-12-33-32(41)30(25)31-35-26-15-22(18-39)24(16-27(26)36-31)21(2)38(4)23-10-13-37(3)14-11-23/h5-9,12,15-16,18,20,23,25,30,34,40H,2,10-11,13-14,17,19H2,1,3-4H3,(H,33,41)(H,35,36). The predicted molar refractivity (Wildman–Crippen MR) is 163 cm³/mol. The van der Waals surface area contributed by atoms with Crippen molar-refractivity contribution in [2.75, 3.05) is 40.3 Å². The molecule has 2 aliphatic rings. The highest BCUT2D eigenvalue weighted by Crippen LogP contribution is 2.30. The highest BCUT2D eigenvalue weighted by atomic mass is 16.5. The van der Waals surface area contributed by atoms with E-state index in [1.165, 1.54) is 0 Å². The Balaban J connectivity index is 1.31. The third kappa shape index (κ3) is 6.34. The number of para-hydroxylation sites is 2. The van der Waals surface area contributed by atoms with Crippen LogP contribution in [0.25, 0.3) is 16.7 Å². The van der Waals surface area contributed by atoms with E-state index in [2.05, 4.69) is 39.0 Å². The zero-order chi connectivity index (χ0) is 29.8. The largest absolute Gasteiger partial charge is 0.504 e. The molecule has 0 aliphatic carbocycles. The number of ether oxygens (including phenoxy) is 1. The Kier molecular flexibility index (Phi) is 8.94. The molecular weight excluding hydrogens is 532 g/mol. The summed E-state index contributed by atoms with van der Waals surface area (Å²) < 4.78 is 5.78. The van der Waals surface area contributed by atoms with E-state index in [1.54, 1.807) is 30.5 Å². The number of phenols is 1. The molecule has 3 aromatic rings. The first-order valence-corrected chi connectivity index (χ1v) is 14.5. The molecule has 222 valence electrons. The van der Waals surface area contributed by atoms with Crippen molar-refractivity contribution < 1.29 is 19.4 Å². The molecule has 42 heavy (non-hydrogen) atoms. The number of aromatic hydroxyl groups is 1. The van der Waals surface area contributed by atoms with E-state index in [-0.39, 0.29) is 23.6 Å². The lowest BCUT2D eigenvalue weighted by Gasteiger charge is -2.37. The Labute approximate surface area is 246 Å². The molecule has 3 heterocycles. The number of rotatable bonds is 11. The van der Waals surface area contributed by atoms with Crippen LogP contribution >= 0.6 is 0 Å². The van der Waals surface area contributed by atoms with Crippen LogP contribution in [-0.2, 0) is 4.79 Å². The number of hydrogen-bond donors (Lipinski definition) is 4. The van der Waals surface area contributed by atoms with Crippen molar-refractivity contribution in [3.8, 4) is 11.5 Å². The average molecular weight is 573 g/mol. The number of fused-ring (bicyclic) bond motifs is 1. The lowest BCUT2D eigenvalue weighted by Crippen LogP contribution is -2.46. The number of carbonyl (C=O) groups is 2. The first-order chi connectivity index (χ1) is 20.2. The molecule has 5 rings (SSSR count). The number of aldehydes is 1. The predicted octanol–water partition coefficient (Wildman–Crippen LogP) is 3.48. The average Bonchev–Trinajstić information content (AvgIpc) is 3.41. The minimum absolute atomic E-state index is 0.101. The second kappa shape index (κ2) is 12.8. The summed E-state index contributed by atoms with van der Waals surface area (Å²) in [4.78, 5) is 37.8. The summed E-state index contributed by atoms with van der Waals surface area (Å²) in [5.41, 5.74) is 3.43. The van der Waals surface area contributed by atoms with Crippen molar-refractivity contribution in [2.45, 2.75) is 37.8 Å². The molecule has 3 unspecified atom stereocenters. The molecule has 1 saturated heterocycles. The van der Waals surface area contributed by atoms with Crippen molar-refractivity contribution in [1.82, 2.24) is 30.4 Å². The number of imidazole rings is 1. The quantitative estimate of drug-likeness (QED) is 0.258. The first kappa shape index (κ1) is 29.3. The van der Waals surface area contributed by atoms with E-state index in [0.29, 0.717) is 47.4 Å². The van der Waals surface area contributed by atoms with Gasteiger partial charge in [0.05, 0.1) is 17.6 Å². The van der Waals surface area contributed by atoms with E-state index in [9.17, 15) is 14.7 Å². The highest BCUT2D eigenvalue weighted by Gasteiger charge is 2.33. The van der Waals surface area contributed by atoms with Crippen LogP contribution in [0.3, 0.4) is 0 Å². The zero-order valence-electron chi connectivity index (χ0n) is 24.5. The molecule has 10 heteroatoms. The van der Waals surface area contributed by atoms with Crippen LogP contribution in [0.2, 0.25) is 0 Å². The zero-order valence-corrected chi connectivity index (χ0v) is 24.5. The molecular formula is C32H40N6O4. The third-order valence-electron chi connectivity index (χ3n) is 8.33. The van der Waals surface area contributed by atoms with Gasteiger partial charge in [-0.05, 0) is 57.2 Å². The van der Waals surface area contributed by atoms with E-state index >= 15 is 0 Å². The molecule has 4 N–H and O–H groups in total. The fourth-order valence-electron chi connectivity index (χ4n) is 5.67. The number of benzene rings is 2. The number of piperidine rings is 1. The number of aromatic amines is 1. The second-order valence-corrected chi connectivity index (χ2v) is 11.5. The van der Waals surface area contributed by atoms with Gasteiger partial charge in [-0.25, -0.2) is 4.98 Å². The normalized spacial score (nSPS) is 20.3. The molecule has 10 nitrogen and oxygen atoms in total. The fourth-order valence-corrected chi connectivity index (χ4v) is 5.67. The Morgan fingerprint density at radius 1 is 1.31 bits per heavy atom. The number of aromatic nitrogens is 2. The topological polar surface area (TPSA) is 123 Å². The van der Waals surface area contributed by atoms with E-state index in [4.69, 9.17) is 9.72 Å². The summed E-state index contributed by atoms with van der Waals surface area (Å²) in [6.07, 6.45) is 6.48. The molecule has 1 fully saturated rings. The van der Waals surface area contributed by atoms with Gasteiger partial charge < -0.3 is 35.3 Å². The minimum atomic E-state index is -0.595. The number of amides is 1. The maximum atomic E-state index is 13.1. The molecule has 1 amide bonds. The lowest BCUT2D eigenvalue weighted by atomic mass is 9.95. The Hall–Kier alpha value is -4.15. The van der Waals surface area contributed by atoms with Gasteiger partial charge in [0, 0.05) is 54.6 Å². The summed E-state index contributed by atoms with van der Waals surface area (Å²) in [6, 6.07) is 10.6. The molecule has 2 aliphatic heterocycles. The smallest absolute Gasteiger partial charge is 0.236 e. The molecule has 2 aromatic carbocycles.